The summed E-state index contributed by atoms with van der Waals surface area (Å²) in [4.78, 5) is 11.1. The van der Waals surface area contributed by atoms with Crippen LogP contribution in [-0.4, -0.2) is 20.9 Å². The Morgan fingerprint density at radius 3 is 2.53 bits per heavy atom. The van der Waals surface area contributed by atoms with E-state index in [4.69, 9.17) is 5.11 Å². The molecule has 1 saturated carbocycles. The van der Waals surface area contributed by atoms with Gasteiger partial charge in [-0.3, -0.25) is 9.48 Å². The van der Waals surface area contributed by atoms with Gasteiger partial charge in [-0.1, -0.05) is 13.8 Å². The van der Waals surface area contributed by atoms with E-state index in [1.807, 2.05) is 27.8 Å². The Bertz CT molecular complexity index is 420. The molecule has 82 valence electrons. The zero-order valence-corrected chi connectivity index (χ0v) is 9.48. The number of aryl methyl sites for hydroxylation is 1. The number of rotatable bonds is 2. The fraction of sp³-hybridized carbons (Fsp3) is 0.636. The highest BCUT2D eigenvalue weighted by atomic mass is 16.4. The summed E-state index contributed by atoms with van der Waals surface area (Å²) < 4.78 is 1.79. The van der Waals surface area contributed by atoms with E-state index < -0.39 is 5.97 Å². The second kappa shape index (κ2) is 2.84. The molecule has 1 aliphatic carbocycles. The minimum atomic E-state index is -0.701. The van der Waals surface area contributed by atoms with Crippen LogP contribution in [0.1, 0.15) is 31.0 Å². The van der Waals surface area contributed by atoms with Gasteiger partial charge in [-0.15, -0.1) is 0 Å². The van der Waals surface area contributed by atoms with Gasteiger partial charge in [0.25, 0.3) is 0 Å². The van der Waals surface area contributed by atoms with Crippen molar-refractivity contribution in [3.63, 3.8) is 0 Å². The summed E-state index contributed by atoms with van der Waals surface area (Å²) in [5.74, 6) is -0.850. The summed E-state index contributed by atoms with van der Waals surface area (Å²) >= 11 is 0. The third-order valence-corrected chi connectivity index (χ3v) is 3.70. The smallest absolute Gasteiger partial charge is 0.307 e. The van der Waals surface area contributed by atoms with Gasteiger partial charge in [-0.2, -0.15) is 5.10 Å². The molecule has 1 N–H and O–H groups in total. The van der Waals surface area contributed by atoms with Crippen molar-refractivity contribution in [2.24, 2.45) is 18.4 Å². The lowest BCUT2D eigenvalue weighted by atomic mass is 10.0. The van der Waals surface area contributed by atoms with Gasteiger partial charge >= 0.3 is 5.97 Å². The van der Waals surface area contributed by atoms with Crippen LogP contribution in [0.5, 0.6) is 0 Å². The number of hydrogen-bond acceptors (Lipinski definition) is 2. The van der Waals surface area contributed by atoms with Crippen LogP contribution in [0.3, 0.4) is 0 Å². The molecule has 2 atom stereocenters. The molecule has 4 nitrogen and oxygen atoms in total. The summed E-state index contributed by atoms with van der Waals surface area (Å²) in [6.45, 7) is 5.99. The van der Waals surface area contributed by atoms with Gasteiger partial charge < -0.3 is 5.11 Å². The minimum absolute atomic E-state index is 0.115. The molecule has 0 unspecified atom stereocenters. The van der Waals surface area contributed by atoms with Gasteiger partial charge in [0, 0.05) is 18.7 Å². The first-order valence-corrected chi connectivity index (χ1v) is 5.08. The average molecular weight is 208 g/mol. The number of aliphatic carboxylic acids is 1. The largest absolute Gasteiger partial charge is 0.481 e. The monoisotopic (exact) mass is 208 g/mol. The maximum absolute atomic E-state index is 11.1. The third-order valence-electron chi connectivity index (χ3n) is 3.70. The van der Waals surface area contributed by atoms with Crippen molar-refractivity contribution in [3.8, 4) is 0 Å². The first-order valence-electron chi connectivity index (χ1n) is 5.08. The predicted octanol–water partition coefficient (Wildman–Crippen LogP) is 1.55. The summed E-state index contributed by atoms with van der Waals surface area (Å²) in [5, 5.41) is 13.3. The molecule has 1 aromatic rings. The molecule has 0 spiro atoms. The molecule has 1 fully saturated rings. The van der Waals surface area contributed by atoms with E-state index in [2.05, 4.69) is 5.10 Å². The molecule has 0 aliphatic heterocycles. The molecule has 0 radical (unpaired) electrons. The maximum atomic E-state index is 11.1. The van der Waals surface area contributed by atoms with Crippen LogP contribution in [0.2, 0.25) is 0 Å². The van der Waals surface area contributed by atoms with E-state index in [0.29, 0.717) is 0 Å². The molecular weight excluding hydrogens is 192 g/mol. The topological polar surface area (TPSA) is 55.1 Å². The van der Waals surface area contributed by atoms with E-state index in [9.17, 15) is 4.79 Å². The Hall–Kier alpha value is -1.32. The highest BCUT2D eigenvalue weighted by molar-refractivity contribution is 5.77. The van der Waals surface area contributed by atoms with Crippen LogP contribution >= 0.6 is 0 Å². The van der Waals surface area contributed by atoms with Crippen molar-refractivity contribution in [3.05, 3.63) is 17.5 Å². The number of carboxylic acid groups (broad SMARTS) is 1. The number of nitrogens with zero attached hydrogens (tertiary/aromatic N) is 2. The summed E-state index contributed by atoms with van der Waals surface area (Å²) in [7, 11) is 1.88. The molecule has 1 heterocycles. The number of aromatic nitrogens is 2. The zero-order valence-electron chi connectivity index (χ0n) is 9.48. The lowest BCUT2D eigenvalue weighted by Gasteiger charge is -2.01. The van der Waals surface area contributed by atoms with Crippen LogP contribution in [0.25, 0.3) is 0 Å². The fourth-order valence-corrected chi connectivity index (χ4v) is 2.50. The van der Waals surface area contributed by atoms with Crippen molar-refractivity contribution >= 4 is 5.97 Å². The fourth-order valence-electron chi connectivity index (χ4n) is 2.50. The summed E-state index contributed by atoms with van der Waals surface area (Å²) in [6.07, 6.45) is 1.80. The van der Waals surface area contributed by atoms with Crippen LogP contribution in [0.15, 0.2) is 6.20 Å². The first-order chi connectivity index (χ1) is 6.87. The lowest BCUT2D eigenvalue weighted by Crippen LogP contribution is -2.03. The molecule has 0 saturated heterocycles. The normalized spacial score (nSPS) is 27.7. The van der Waals surface area contributed by atoms with Crippen molar-refractivity contribution in [1.82, 2.24) is 9.78 Å². The molecule has 2 rings (SSSR count). The molecular formula is C11H16N2O2. The van der Waals surface area contributed by atoms with E-state index in [-0.39, 0.29) is 17.3 Å². The Labute approximate surface area is 88.9 Å². The summed E-state index contributed by atoms with van der Waals surface area (Å²) in [6, 6.07) is 0. The Balaban J connectivity index is 2.35. The predicted molar refractivity (Wildman–Crippen MR) is 55.6 cm³/mol. The molecule has 1 aromatic heterocycles. The van der Waals surface area contributed by atoms with E-state index in [1.165, 1.54) is 0 Å². The number of hydrogen-bond donors (Lipinski definition) is 1. The van der Waals surface area contributed by atoms with Crippen molar-refractivity contribution in [1.29, 1.82) is 0 Å². The SMILES string of the molecule is Cc1c([C@@H]2[C@@H](C(=O)O)C2(C)C)cnn1C. The number of carbonyl (C=O) groups is 1. The highest BCUT2D eigenvalue weighted by Gasteiger charge is 2.63. The van der Waals surface area contributed by atoms with E-state index in [0.717, 1.165) is 11.3 Å². The lowest BCUT2D eigenvalue weighted by molar-refractivity contribution is -0.139. The standard InChI is InChI=1S/C11H16N2O2/c1-6-7(5-12-13(6)4)8-9(10(14)15)11(8,2)3/h5,8-9H,1-4H3,(H,14,15)/t8-,9+/m1/s1. The van der Waals surface area contributed by atoms with Gasteiger partial charge in [-0.25, -0.2) is 0 Å². The third kappa shape index (κ3) is 1.28. The maximum Gasteiger partial charge on any atom is 0.307 e. The van der Waals surface area contributed by atoms with Crippen LogP contribution < -0.4 is 0 Å². The second-order valence-electron chi connectivity index (χ2n) is 4.92. The van der Waals surface area contributed by atoms with Crippen LogP contribution in [0.4, 0.5) is 0 Å². The Morgan fingerprint density at radius 2 is 2.20 bits per heavy atom. The molecule has 0 bridgehead atoms. The van der Waals surface area contributed by atoms with Crippen molar-refractivity contribution in [2.45, 2.75) is 26.7 Å². The Morgan fingerprint density at radius 1 is 1.60 bits per heavy atom. The van der Waals surface area contributed by atoms with E-state index >= 15 is 0 Å². The zero-order chi connectivity index (χ0) is 11.4. The summed E-state index contributed by atoms with van der Waals surface area (Å²) in [5.41, 5.74) is 2.01. The van der Waals surface area contributed by atoms with Gasteiger partial charge in [0.2, 0.25) is 0 Å². The highest BCUT2D eigenvalue weighted by Crippen LogP contribution is 2.64. The molecule has 0 amide bonds. The molecule has 4 heteroatoms. The van der Waals surface area contributed by atoms with Gasteiger partial charge in [0.15, 0.2) is 0 Å². The van der Waals surface area contributed by atoms with Crippen LogP contribution in [0, 0.1) is 18.3 Å². The number of carboxylic acids is 1. The van der Waals surface area contributed by atoms with E-state index in [1.54, 1.807) is 10.9 Å². The second-order valence-corrected chi connectivity index (χ2v) is 4.92. The van der Waals surface area contributed by atoms with Gasteiger partial charge in [0.05, 0.1) is 12.1 Å². The van der Waals surface area contributed by atoms with Crippen molar-refractivity contribution < 1.29 is 9.90 Å². The Kier molecular flexibility index (Phi) is 1.93. The first kappa shape index (κ1) is 10.2. The molecule has 1 aliphatic rings. The molecule has 15 heavy (non-hydrogen) atoms. The average Bonchev–Trinajstić information content (AvgIpc) is 2.54. The van der Waals surface area contributed by atoms with Gasteiger partial charge in [0.1, 0.15) is 0 Å². The van der Waals surface area contributed by atoms with Gasteiger partial charge in [-0.05, 0) is 17.9 Å². The minimum Gasteiger partial charge on any atom is -0.481 e. The van der Waals surface area contributed by atoms with Crippen molar-refractivity contribution in [2.75, 3.05) is 0 Å². The molecule has 0 aromatic carbocycles. The van der Waals surface area contributed by atoms with Crippen LogP contribution in [-0.2, 0) is 11.8 Å². The quantitative estimate of drug-likeness (QED) is 0.802.